The minimum absolute atomic E-state index is 0.0112. The average molecular weight is 334 g/mol. The molecule has 1 aromatic rings. The Balaban J connectivity index is 3.08. The first-order valence-corrected chi connectivity index (χ1v) is 9.80. The van der Waals surface area contributed by atoms with Gasteiger partial charge in [0.15, 0.2) is 9.84 Å². The molecule has 0 aliphatic heterocycles. The molecule has 0 saturated heterocycles. The molecule has 0 aliphatic rings. The van der Waals surface area contributed by atoms with Gasteiger partial charge < -0.3 is 5.73 Å². The van der Waals surface area contributed by atoms with Crippen molar-refractivity contribution in [3.05, 3.63) is 18.2 Å². The maximum Gasteiger partial charge on any atom is 0.242 e. The number of benzene rings is 1. The number of sulfonamides is 1. The second-order valence-electron chi connectivity index (χ2n) is 6.18. The van der Waals surface area contributed by atoms with E-state index in [2.05, 4.69) is 4.72 Å². The maximum atomic E-state index is 12.2. The normalized spacial score (nSPS) is 13.3. The molecule has 0 radical (unpaired) electrons. The van der Waals surface area contributed by atoms with Crippen molar-refractivity contribution in [3.8, 4) is 0 Å². The van der Waals surface area contributed by atoms with Crippen LogP contribution in [-0.2, 0) is 19.9 Å². The summed E-state index contributed by atoms with van der Waals surface area (Å²) in [6, 6.07) is 3.66. The second-order valence-corrected chi connectivity index (χ2v) is 9.93. The van der Waals surface area contributed by atoms with Gasteiger partial charge in [0.25, 0.3) is 0 Å². The molecule has 0 heterocycles. The Morgan fingerprint density at radius 3 is 2.19 bits per heavy atom. The third kappa shape index (κ3) is 5.29. The van der Waals surface area contributed by atoms with Crippen LogP contribution in [0, 0.1) is 5.41 Å². The molecule has 1 aromatic carbocycles. The number of rotatable bonds is 5. The average Bonchev–Trinajstić information content (AvgIpc) is 2.25. The van der Waals surface area contributed by atoms with Gasteiger partial charge in [-0.1, -0.05) is 20.8 Å². The molecule has 0 aromatic heterocycles. The smallest absolute Gasteiger partial charge is 0.242 e. The molecule has 0 bridgehead atoms. The first-order valence-electron chi connectivity index (χ1n) is 6.42. The molecule has 8 heteroatoms. The summed E-state index contributed by atoms with van der Waals surface area (Å²) < 4.78 is 49.9. The zero-order chi connectivity index (χ0) is 16.5. The van der Waals surface area contributed by atoms with E-state index in [1.54, 1.807) is 0 Å². The topological polar surface area (TPSA) is 106 Å². The largest absolute Gasteiger partial charge is 0.398 e. The number of hydrogen-bond acceptors (Lipinski definition) is 5. The van der Waals surface area contributed by atoms with Crippen LogP contribution >= 0.6 is 0 Å². The number of anilines is 1. The lowest BCUT2D eigenvalue weighted by molar-refractivity contribution is 0.378. The Labute approximate surface area is 126 Å². The number of nitrogen functional groups attached to an aromatic ring is 1. The molecule has 1 rings (SSSR count). The number of sulfone groups is 1. The zero-order valence-electron chi connectivity index (χ0n) is 12.7. The highest BCUT2D eigenvalue weighted by Gasteiger charge is 2.21. The van der Waals surface area contributed by atoms with Gasteiger partial charge in [0, 0.05) is 12.8 Å². The third-order valence-electron chi connectivity index (χ3n) is 2.87. The number of nitrogens with two attached hydrogens (primary N) is 1. The molecule has 0 fully saturated rings. The van der Waals surface area contributed by atoms with Crippen LogP contribution in [0.1, 0.15) is 27.2 Å². The van der Waals surface area contributed by atoms with Crippen LogP contribution in [0.3, 0.4) is 0 Å². The lowest BCUT2D eigenvalue weighted by Gasteiger charge is -2.18. The van der Waals surface area contributed by atoms with Gasteiger partial charge in [0.2, 0.25) is 10.0 Å². The maximum absolute atomic E-state index is 12.2. The second kappa shape index (κ2) is 5.94. The minimum atomic E-state index is -3.84. The number of nitrogens with one attached hydrogen (secondary N) is 1. The van der Waals surface area contributed by atoms with E-state index in [-0.39, 0.29) is 27.4 Å². The highest BCUT2D eigenvalue weighted by atomic mass is 32.2. The summed E-state index contributed by atoms with van der Waals surface area (Å²) in [6.07, 6.45) is 1.67. The molecule has 0 saturated carbocycles. The standard InChI is InChI=1S/C13H22N2O4S2/c1-13(2,3)7-8-15-21(18,19)12-9-10(20(4,16)17)5-6-11(12)14/h5-6,9,15H,7-8,14H2,1-4H3. The van der Waals surface area contributed by atoms with Crippen molar-refractivity contribution in [1.29, 1.82) is 0 Å². The minimum Gasteiger partial charge on any atom is -0.398 e. The summed E-state index contributed by atoms with van der Waals surface area (Å²) in [4.78, 5) is -0.285. The highest BCUT2D eigenvalue weighted by molar-refractivity contribution is 7.91. The summed E-state index contributed by atoms with van der Waals surface area (Å²) in [7, 11) is -7.33. The van der Waals surface area contributed by atoms with Crippen LogP contribution in [0.2, 0.25) is 0 Å². The lowest BCUT2D eigenvalue weighted by atomic mass is 9.93. The Morgan fingerprint density at radius 2 is 1.71 bits per heavy atom. The fourth-order valence-electron chi connectivity index (χ4n) is 1.62. The summed E-state index contributed by atoms with van der Waals surface area (Å²) in [5.41, 5.74) is 5.67. The lowest BCUT2D eigenvalue weighted by Crippen LogP contribution is -2.28. The van der Waals surface area contributed by atoms with Crippen LogP contribution in [-0.4, -0.2) is 29.6 Å². The van der Waals surface area contributed by atoms with Gasteiger partial charge in [-0.3, -0.25) is 0 Å². The summed E-state index contributed by atoms with van der Waals surface area (Å²) in [6.45, 7) is 6.26. The van der Waals surface area contributed by atoms with Crippen molar-refractivity contribution in [3.63, 3.8) is 0 Å². The summed E-state index contributed by atoms with van der Waals surface area (Å²) in [5.74, 6) is 0. The van der Waals surface area contributed by atoms with Crippen molar-refractivity contribution in [2.75, 3.05) is 18.5 Å². The van der Waals surface area contributed by atoms with Gasteiger partial charge in [-0.25, -0.2) is 21.6 Å². The van der Waals surface area contributed by atoms with Crippen molar-refractivity contribution >= 4 is 25.5 Å². The van der Waals surface area contributed by atoms with Gasteiger partial charge >= 0.3 is 0 Å². The summed E-state index contributed by atoms with van der Waals surface area (Å²) in [5, 5.41) is 0. The Kier molecular flexibility index (Phi) is 5.07. The van der Waals surface area contributed by atoms with E-state index < -0.39 is 19.9 Å². The van der Waals surface area contributed by atoms with Crippen molar-refractivity contribution in [2.24, 2.45) is 5.41 Å². The predicted octanol–water partition coefficient (Wildman–Crippen LogP) is 1.39. The molecule has 21 heavy (non-hydrogen) atoms. The van der Waals surface area contributed by atoms with Crippen molar-refractivity contribution in [2.45, 2.75) is 37.0 Å². The molecule has 0 aliphatic carbocycles. The van der Waals surface area contributed by atoms with E-state index in [1.165, 1.54) is 12.1 Å². The molecule has 0 atom stereocenters. The van der Waals surface area contributed by atoms with Gasteiger partial charge in [0.1, 0.15) is 4.90 Å². The van der Waals surface area contributed by atoms with Crippen LogP contribution < -0.4 is 10.5 Å². The molecular formula is C13H22N2O4S2. The van der Waals surface area contributed by atoms with E-state index in [0.717, 1.165) is 12.3 Å². The molecule has 0 amide bonds. The predicted molar refractivity (Wildman–Crippen MR) is 83.2 cm³/mol. The van der Waals surface area contributed by atoms with E-state index >= 15 is 0 Å². The fraction of sp³-hybridized carbons (Fsp3) is 0.538. The van der Waals surface area contributed by atoms with E-state index in [1.807, 2.05) is 20.8 Å². The Morgan fingerprint density at radius 1 is 1.14 bits per heavy atom. The monoisotopic (exact) mass is 334 g/mol. The van der Waals surface area contributed by atoms with Gasteiger partial charge in [-0.2, -0.15) is 0 Å². The van der Waals surface area contributed by atoms with Gasteiger partial charge in [-0.05, 0) is 30.0 Å². The zero-order valence-corrected chi connectivity index (χ0v) is 14.3. The van der Waals surface area contributed by atoms with Crippen LogP contribution in [0.4, 0.5) is 5.69 Å². The molecule has 3 N–H and O–H groups in total. The van der Waals surface area contributed by atoms with Crippen molar-refractivity contribution in [1.82, 2.24) is 4.72 Å². The van der Waals surface area contributed by atoms with E-state index in [9.17, 15) is 16.8 Å². The third-order valence-corrected chi connectivity index (χ3v) is 5.50. The molecule has 0 spiro atoms. The quantitative estimate of drug-likeness (QED) is 0.791. The number of hydrogen-bond donors (Lipinski definition) is 2. The SMILES string of the molecule is CC(C)(C)CCNS(=O)(=O)c1cc(S(C)(=O)=O)ccc1N. The van der Waals surface area contributed by atoms with Crippen molar-refractivity contribution < 1.29 is 16.8 Å². The molecule has 0 unspecified atom stereocenters. The van der Waals surface area contributed by atoms with Crippen LogP contribution in [0.25, 0.3) is 0 Å². The summed E-state index contributed by atoms with van der Waals surface area (Å²) >= 11 is 0. The van der Waals surface area contributed by atoms with E-state index in [0.29, 0.717) is 6.42 Å². The van der Waals surface area contributed by atoms with Gasteiger partial charge in [0.05, 0.1) is 10.6 Å². The van der Waals surface area contributed by atoms with Crippen LogP contribution in [0.15, 0.2) is 28.0 Å². The molecule has 6 nitrogen and oxygen atoms in total. The first kappa shape index (κ1) is 17.9. The molecular weight excluding hydrogens is 312 g/mol. The van der Waals surface area contributed by atoms with Crippen LogP contribution in [0.5, 0.6) is 0 Å². The highest BCUT2D eigenvalue weighted by Crippen LogP contribution is 2.23. The Bertz CT molecular complexity index is 717. The fourth-order valence-corrected chi connectivity index (χ4v) is 3.52. The Hall–Kier alpha value is -1.12. The van der Waals surface area contributed by atoms with E-state index in [4.69, 9.17) is 5.73 Å². The first-order chi connectivity index (χ1) is 9.33. The molecule has 120 valence electrons. The van der Waals surface area contributed by atoms with Gasteiger partial charge in [-0.15, -0.1) is 0 Å².